The van der Waals surface area contributed by atoms with Crippen LogP contribution < -0.4 is 10.2 Å². The number of carbonyl (C=O) groups excluding carboxylic acids is 2. The van der Waals surface area contributed by atoms with Crippen molar-refractivity contribution < 1.29 is 9.59 Å². The molecule has 0 heterocycles. The molecule has 2 fully saturated rings. The highest BCUT2D eigenvalue weighted by molar-refractivity contribution is 5.93. The molecule has 0 radical (unpaired) electrons. The van der Waals surface area contributed by atoms with Gasteiger partial charge in [0.15, 0.2) is 0 Å². The lowest BCUT2D eigenvalue weighted by Gasteiger charge is -2.24. The lowest BCUT2D eigenvalue weighted by atomic mass is 10.0. The summed E-state index contributed by atoms with van der Waals surface area (Å²) in [6.45, 7) is 1.30. The van der Waals surface area contributed by atoms with Crippen molar-refractivity contribution in [3.8, 4) is 0 Å². The van der Waals surface area contributed by atoms with E-state index in [4.69, 9.17) is 0 Å². The number of amides is 2. The molecule has 0 aliphatic heterocycles. The van der Waals surface area contributed by atoms with E-state index in [1.54, 1.807) is 0 Å². The fourth-order valence-electron chi connectivity index (χ4n) is 4.95. The highest BCUT2D eigenvalue weighted by atomic mass is 16.2. The first-order valence-corrected chi connectivity index (χ1v) is 11.8. The maximum atomic E-state index is 12.9. The summed E-state index contributed by atoms with van der Waals surface area (Å²) in [5.41, 5.74) is 0.969. The number of carbonyl (C=O) groups is 2. The largest absolute Gasteiger partial charge is 0.356 e. The van der Waals surface area contributed by atoms with E-state index in [0.29, 0.717) is 25.9 Å². The summed E-state index contributed by atoms with van der Waals surface area (Å²) in [4.78, 5) is 26.9. The Labute approximate surface area is 176 Å². The summed E-state index contributed by atoms with van der Waals surface area (Å²) in [7, 11) is 0. The van der Waals surface area contributed by atoms with E-state index in [0.717, 1.165) is 36.8 Å². The Bertz CT molecular complexity index is 619. The minimum absolute atomic E-state index is 0.163. The SMILES string of the molecule is O=C(CCC1CCCC1)NCCCN(C(=O)CCC1CCCC1)c1ccccc1. The van der Waals surface area contributed by atoms with Crippen LogP contribution >= 0.6 is 0 Å². The Balaban J connectivity index is 1.40. The van der Waals surface area contributed by atoms with Crippen molar-refractivity contribution in [1.29, 1.82) is 0 Å². The standard InChI is InChI=1S/C25H38N2O2/c28-24(17-15-21-9-4-5-10-21)26-19-8-20-27(23-13-2-1-3-14-23)25(29)18-16-22-11-6-7-12-22/h1-3,13-14,21-22H,4-12,15-20H2,(H,26,28). The first-order valence-electron chi connectivity index (χ1n) is 11.8. The highest BCUT2D eigenvalue weighted by Crippen LogP contribution is 2.29. The molecule has 2 aliphatic rings. The van der Waals surface area contributed by atoms with Crippen LogP contribution in [0.4, 0.5) is 5.69 Å². The molecule has 4 heteroatoms. The summed E-state index contributed by atoms with van der Waals surface area (Å²) >= 11 is 0. The minimum Gasteiger partial charge on any atom is -0.356 e. The molecule has 1 aromatic carbocycles. The van der Waals surface area contributed by atoms with E-state index in [-0.39, 0.29) is 11.8 Å². The van der Waals surface area contributed by atoms with Gasteiger partial charge in [-0.3, -0.25) is 9.59 Å². The lowest BCUT2D eigenvalue weighted by molar-refractivity contribution is -0.121. The van der Waals surface area contributed by atoms with Crippen LogP contribution in [0, 0.1) is 11.8 Å². The minimum atomic E-state index is 0.163. The second-order valence-electron chi connectivity index (χ2n) is 8.96. The van der Waals surface area contributed by atoms with Crippen molar-refractivity contribution in [2.75, 3.05) is 18.0 Å². The Morgan fingerprint density at radius 2 is 1.45 bits per heavy atom. The number of nitrogens with one attached hydrogen (secondary N) is 1. The van der Waals surface area contributed by atoms with Gasteiger partial charge in [-0.1, -0.05) is 69.6 Å². The first kappa shape index (κ1) is 21.9. The van der Waals surface area contributed by atoms with Gasteiger partial charge in [-0.05, 0) is 43.2 Å². The van der Waals surface area contributed by atoms with Crippen molar-refractivity contribution >= 4 is 17.5 Å². The predicted octanol–water partition coefficient (Wildman–Crippen LogP) is 5.47. The molecular formula is C25H38N2O2. The molecule has 0 bridgehead atoms. The summed E-state index contributed by atoms with van der Waals surface area (Å²) in [6, 6.07) is 9.96. The van der Waals surface area contributed by atoms with Gasteiger partial charge in [-0.15, -0.1) is 0 Å². The van der Waals surface area contributed by atoms with Crippen LogP contribution in [0.1, 0.15) is 83.5 Å². The molecule has 29 heavy (non-hydrogen) atoms. The molecule has 1 aromatic rings. The van der Waals surface area contributed by atoms with Gasteiger partial charge < -0.3 is 10.2 Å². The predicted molar refractivity (Wildman–Crippen MR) is 119 cm³/mol. The molecule has 0 spiro atoms. The molecule has 2 amide bonds. The zero-order valence-corrected chi connectivity index (χ0v) is 17.9. The molecule has 0 unspecified atom stereocenters. The number of benzene rings is 1. The van der Waals surface area contributed by atoms with Gasteiger partial charge in [0, 0.05) is 31.6 Å². The van der Waals surface area contributed by atoms with Crippen molar-refractivity contribution in [2.45, 2.75) is 83.5 Å². The summed E-state index contributed by atoms with van der Waals surface area (Å²) in [6.07, 6.45) is 14.6. The van der Waals surface area contributed by atoms with Gasteiger partial charge in [-0.2, -0.15) is 0 Å². The zero-order chi connectivity index (χ0) is 20.3. The maximum Gasteiger partial charge on any atom is 0.226 e. The molecule has 2 aliphatic carbocycles. The third kappa shape index (κ3) is 7.49. The van der Waals surface area contributed by atoms with Crippen molar-refractivity contribution in [1.82, 2.24) is 5.32 Å². The van der Waals surface area contributed by atoms with E-state index in [1.165, 1.54) is 51.4 Å². The van der Waals surface area contributed by atoms with Gasteiger partial charge in [-0.25, -0.2) is 0 Å². The van der Waals surface area contributed by atoms with E-state index in [1.807, 2.05) is 35.2 Å². The molecule has 0 atom stereocenters. The monoisotopic (exact) mass is 398 g/mol. The smallest absolute Gasteiger partial charge is 0.226 e. The number of hydrogen-bond acceptors (Lipinski definition) is 2. The van der Waals surface area contributed by atoms with E-state index >= 15 is 0 Å². The third-order valence-corrected chi connectivity index (χ3v) is 6.75. The second-order valence-corrected chi connectivity index (χ2v) is 8.96. The number of rotatable bonds is 11. The summed E-state index contributed by atoms with van der Waals surface area (Å²) in [5.74, 6) is 1.87. The molecule has 160 valence electrons. The van der Waals surface area contributed by atoms with Crippen LogP contribution in [0.15, 0.2) is 30.3 Å². The van der Waals surface area contributed by atoms with Gasteiger partial charge in [0.1, 0.15) is 0 Å². The normalized spacial score (nSPS) is 17.5. The van der Waals surface area contributed by atoms with Crippen molar-refractivity contribution in [3.05, 3.63) is 30.3 Å². The summed E-state index contributed by atoms with van der Waals surface area (Å²) < 4.78 is 0. The first-order chi connectivity index (χ1) is 14.2. The molecule has 3 rings (SSSR count). The zero-order valence-electron chi connectivity index (χ0n) is 17.9. The van der Waals surface area contributed by atoms with Gasteiger partial charge in [0.05, 0.1) is 0 Å². The van der Waals surface area contributed by atoms with Gasteiger partial charge >= 0.3 is 0 Å². The Morgan fingerprint density at radius 3 is 2.07 bits per heavy atom. The van der Waals surface area contributed by atoms with Gasteiger partial charge in [0.2, 0.25) is 11.8 Å². The lowest BCUT2D eigenvalue weighted by Crippen LogP contribution is -2.34. The van der Waals surface area contributed by atoms with Crippen LogP contribution in [0.3, 0.4) is 0 Å². The van der Waals surface area contributed by atoms with Crippen LogP contribution in [0.5, 0.6) is 0 Å². The van der Waals surface area contributed by atoms with Crippen LogP contribution in [0.2, 0.25) is 0 Å². The fraction of sp³-hybridized carbons (Fsp3) is 0.680. The topological polar surface area (TPSA) is 49.4 Å². The third-order valence-electron chi connectivity index (χ3n) is 6.75. The van der Waals surface area contributed by atoms with Crippen molar-refractivity contribution in [2.24, 2.45) is 11.8 Å². The molecule has 0 aromatic heterocycles. The Hall–Kier alpha value is -1.84. The molecule has 1 N–H and O–H groups in total. The second kappa shape index (κ2) is 12.0. The maximum absolute atomic E-state index is 12.9. The Kier molecular flexibility index (Phi) is 9.04. The highest BCUT2D eigenvalue weighted by Gasteiger charge is 2.20. The molecule has 4 nitrogen and oxygen atoms in total. The van der Waals surface area contributed by atoms with Crippen molar-refractivity contribution in [3.63, 3.8) is 0 Å². The molecule has 0 saturated heterocycles. The Morgan fingerprint density at radius 1 is 0.862 bits per heavy atom. The number of para-hydroxylation sites is 1. The molecule has 2 saturated carbocycles. The number of nitrogens with zero attached hydrogens (tertiary/aromatic N) is 1. The van der Waals surface area contributed by atoms with E-state index in [9.17, 15) is 9.59 Å². The number of anilines is 1. The molecular weight excluding hydrogens is 360 g/mol. The average Bonchev–Trinajstić information content (AvgIpc) is 3.45. The van der Waals surface area contributed by atoms with Crippen LogP contribution in [-0.2, 0) is 9.59 Å². The summed E-state index contributed by atoms with van der Waals surface area (Å²) in [5, 5.41) is 3.05. The van der Waals surface area contributed by atoms with Gasteiger partial charge in [0.25, 0.3) is 0 Å². The quantitative estimate of drug-likeness (QED) is 0.503. The van der Waals surface area contributed by atoms with Crippen LogP contribution in [0.25, 0.3) is 0 Å². The average molecular weight is 399 g/mol. The van der Waals surface area contributed by atoms with Crippen LogP contribution in [-0.4, -0.2) is 24.9 Å². The fourth-order valence-corrected chi connectivity index (χ4v) is 4.95. The van der Waals surface area contributed by atoms with E-state index in [2.05, 4.69) is 5.32 Å². The number of hydrogen-bond donors (Lipinski definition) is 1. The van der Waals surface area contributed by atoms with E-state index < -0.39 is 0 Å².